The Hall–Kier alpha value is -0.160. The highest BCUT2D eigenvalue weighted by atomic mass is 16.5. The van der Waals surface area contributed by atoms with E-state index in [1.807, 2.05) is 0 Å². The Bertz CT molecular complexity index is 559. The van der Waals surface area contributed by atoms with Gasteiger partial charge in [-0.2, -0.15) is 0 Å². The highest BCUT2D eigenvalue weighted by Gasteiger charge is 2.10. The second-order valence-corrected chi connectivity index (χ2v) is 17.2. The van der Waals surface area contributed by atoms with Crippen molar-refractivity contribution >= 4 is 0 Å². The molecule has 0 aromatic rings. The van der Waals surface area contributed by atoms with Crippen LogP contribution < -0.4 is 0 Å². The number of hydrogen-bond donors (Lipinski definition) is 3. The molecule has 0 aromatic heterocycles. The molecule has 0 saturated heterocycles. The van der Waals surface area contributed by atoms with Crippen LogP contribution in [0, 0.1) is 47.3 Å². The molecule has 0 aliphatic rings. The Morgan fingerprint density at radius 1 is 0.340 bits per heavy atom. The molecule has 0 bridgehead atoms. The lowest BCUT2D eigenvalue weighted by Crippen LogP contribution is -2.15. The molecule has 47 heavy (non-hydrogen) atoms. The summed E-state index contributed by atoms with van der Waals surface area (Å²) in [5.41, 5.74) is 0. The van der Waals surface area contributed by atoms with Crippen LogP contribution in [0.4, 0.5) is 0 Å². The Balaban J connectivity index is 0. The van der Waals surface area contributed by atoms with E-state index < -0.39 is 6.10 Å². The highest BCUT2D eigenvalue weighted by Crippen LogP contribution is 2.24. The molecule has 6 unspecified atom stereocenters. The minimum Gasteiger partial charge on any atom is -0.394 e. The Morgan fingerprint density at radius 2 is 0.553 bits per heavy atom. The molecule has 0 spiro atoms. The summed E-state index contributed by atoms with van der Waals surface area (Å²) in [6.07, 6.45) is 27.1. The van der Waals surface area contributed by atoms with Gasteiger partial charge in [0.15, 0.2) is 0 Å². The fourth-order valence-corrected chi connectivity index (χ4v) is 6.60. The van der Waals surface area contributed by atoms with Gasteiger partial charge in [0.05, 0.1) is 13.2 Å². The first-order valence-electron chi connectivity index (χ1n) is 20.8. The lowest BCUT2D eigenvalue weighted by molar-refractivity contribution is 0.0450. The predicted octanol–water partition coefficient (Wildman–Crippen LogP) is 12.3. The van der Waals surface area contributed by atoms with Crippen LogP contribution in [-0.4, -0.2) is 47.9 Å². The molecule has 4 heteroatoms. The van der Waals surface area contributed by atoms with Gasteiger partial charge in [0, 0.05) is 13.2 Å². The average molecular weight is 671 g/mol. The maximum Gasteiger partial charge on any atom is 0.100 e. The number of ether oxygens (including phenoxy) is 1. The van der Waals surface area contributed by atoms with Gasteiger partial charge >= 0.3 is 0 Å². The summed E-state index contributed by atoms with van der Waals surface area (Å²) in [5.74, 6) is 7.00. The van der Waals surface area contributed by atoms with E-state index in [9.17, 15) is 0 Å². The van der Waals surface area contributed by atoms with E-state index in [0.717, 1.165) is 60.6 Å². The third kappa shape index (κ3) is 38.5. The van der Waals surface area contributed by atoms with Crippen molar-refractivity contribution in [1.29, 1.82) is 0 Å². The monoisotopic (exact) mass is 671 g/mol. The molecule has 286 valence electrons. The zero-order valence-corrected chi connectivity index (χ0v) is 33.9. The van der Waals surface area contributed by atoms with Gasteiger partial charge in [0.25, 0.3) is 0 Å². The van der Waals surface area contributed by atoms with Crippen molar-refractivity contribution in [2.45, 2.75) is 204 Å². The molecule has 3 N–H and O–H groups in total. The molecule has 6 atom stereocenters. The molecule has 0 rings (SSSR count). The summed E-state index contributed by atoms with van der Waals surface area (Å²) in [6, 6.07) is 0. The molecule has 0 saturated carbocycles. The van der Waals surface area contributed by atoms with Gasteiger partial charge in [-0.25, -0.2) is 0 Å². The van der Waals surface area contributed by atoms with Crippen molar-refractivity contribution in [2.24, 2.45) is 47.3 Å². The first-order chi connectivity index (χ1) is 22.3. The van der Waals surface area contributed by atoms with E-state index in [1.54, 1.807) is 0 Å². The van der Waals surface area contributed by atoms with E-state index in [0.29, 0.717) is 0 Å². The van der Waals surface area contributed by atoms with E-state index >= 15 is 0 Å². The predicted molar refractivity (Wildman–Crippen MR) is 208 cm³/mol. The number of aliphatic hydroxyl groups excluding tert-OH is 3. The average Bonchev–Trinajstić information content (AvgIpc) is 3.00. The van der Waals surface area contributed by atoms with Crippen molar-refractivity contribution < 1.29 is 20.1 Å². The molecule has 0 amide bonds. The zero-order valence-electron chi connectivity index (χ0n) is 33.9. The maximum atomic E-state index is 8.17. The fourth-order valence-electron chi connectivity index (χ4n) is 6.60. The third-order valence-electron chi connectivity index (χ3n) is 10.5. The summed E-state index contributed by atoms with van der Waals surface area (Å²) in [6.45, 7) is 25.4. The van der Waals surface area contributed by atoms with Crippen molar-refractivity contribution in [3.8, 4) is 0 Å². The Labute approximate surface area is 297 Å². The van der Waals surface area contributed by atoms with E-state index in [-0.39, 0.29) is 13.2 Å². The number of rotatable bonds is 32. The lowest BCUT2D eigenvalue weighted by Gasteiger charge is -2.17. The van der Waals surface area contributed by atoms with Crippen molar-refractivity contribution in [3.63, 3.8) is 0 Å². The molecular weight excluding hydrogens is 580 g/mol. The van der Waals surface area contributed by atoms with Crippen molar-refractivity contribution in [3.05, 3.63) is 0 Å². The zero-order chi connectivity index (χ0) is 35.9. The molecule has 0 aromatic carbocycles. The molecule has 0 radical (unpaired) electrons. The third-order valence-corrected chi connectivity index (χ3v) is 10.5. The van der Waals surface area contributed by atoms with E-state index in [4.69, 9.17) is 20.1 Å². The fraction of sp³-hybridized carbons (Fsp3) is 1.00. The lowest BCUT2D eigenvalue weighted by atomic mass is 9.91. The summed E-state index contributed by atoms with van der Waals surface area (Å²) in [4.78, 5) is 0. The minimum atomic E-state index is -0.954. The molecule has 4 nitrogen and oxygen atoms in total. The first kappa shape index (κ1) is 49.0. The summed E-state index contributed by atoms with van der Waals surface area (Å²) >= 11 is 0. The standard InChI is InChI=1S/C40H82O.C3H8O3/c1-33(2)17-11-19-35(5)21-13-23-37(7)25-15-27-39(9)29-31-41-32-30-40(10)28-16-26-38(8)24-14-22-36(6)20-12-18-34(3)4;4-1-3(6)2-5/h33-40H,11-32H2,1-10H3;3-6H,1-2H2. The second-order valence-electron chi connectivity index (χ2n) is 17.2. The molecule has 0 aliphatic carbocycles. The number of aliphatic hydroxyl groups is 3. The maximum absolute atomic E-state index is 8.17. The van der Waals surface area contributed by atoms with Crippen LogP contribution in [0.25, 0.3) is 0 Å². The van der Waals surface area contributed by atoms with Crippen LogP contribution in [0.3, 0.4) is 0 Å². The molecule has 0 aliphatic heterocycles. The molecular formula is C43H90O4. The number of hydrogen-bond acceptors (Lipinski definition) is 4. The normalized spacial score (nSPS) is 15.8. The molecule has 0 heterocycles. The van der Waals surface area contributed by atoms with Crippen molar-refractivity contribution in [2.75, 3.05) is 26.4 Å². The van der Waals surface area contributed by atoms with Gasteiger partial charge in [0.2, 0.25) is 0 Å². The van der Waals surface area contributed by atoms with Gasteiger partial charge in [-0.05, 0) is 60.2 Å². The summed E-state index contributed by atoms with van der Waals surface area (Å²) in [7, 11) is 0. The Kier molecular flexibility index (Phi) is 35.7. The van der Waals surface area contributed by atoms with E-state index in [1.165, 1.54) is 128 Å². The largest absolute Gasteiger partial charge is 0.394 e. The van der Waals surface area contributed by atoms with Crippen molar-refractivity contribution in [1.82, 2.24) is 0 Å². The van der Waals surface area contributed by atoms with Crippen LogP contribution in [0.1, 0.15) is 198 Å². The Morgan fingerprint density at radius 3 is 0.745 bits per heavy atom. The van der Waals surface area contributed by atoms with Gasteiger partial charge in [-0.15, -0.1) is 0 Å². The summed E-state index contributed by atoms with van der Waals surface area (Å²) in [5, 5.41) is 24.0. The van der Waals surface area contributed by atoms with Gasteiger partial charge in [-0.1, -0.05) is 185 Å². The smallest absolute Gasteiger partial charge is 0.100 e. The van der Waals surface area contributed by atoms with Gasteiger partial charge in [0.1, 0.15) is 6.10 Å². The van der Waals surface area contributed by atoms with Crippen LogP contribution in [0.15, 0.2) is 0 Å². The van der Waals surface area contributed by atoms with Crippen LogP contribution >= 0.6 is 0 Å². The highest BCUT2D eigenvalue weighted by molar-refractivity contribution is 4.63. The minimum absolute atomic E-state index is 0.365. The van der Waals surface area contributed by atoms with E-state index in [2.05, 4.69) is 69.2 Å². The van der Waals surface area contributed by atoms with Crippen LogP contribution in [0.5, 0.6) is 0 Å². The van der Waals surface area contributed by atoms with Gasteiger partial charge < -0.3 is 20.1 Å². The quantitative estimate of drug-likeness (QED) is 0.0623. The van der Waals surface area contributed by atoms with Crippen LogP contribution in [-0.2, 0) is 4.74 Å². The molecule has 0 fully saturated rings. The summed E-state index contributed by atoms with van der Waals surface area (Å²) < 4.78 is 6.06. The van der Waals surface area contributed by atoms with Gasteiger partial charge in [-0.3, -0.25) is 0 Å². The topological polar surface area (TPSA) is 69.9 Å². The van der Waals surface area contributed by atoms with Crippen LogP contribution in [0.2, 0.25) is 0 Å². The SMILES string of the molecule is CC(C)CCCC(C)CCCC(C)CCCC(C)CCOCCC(C)CCCC(C)CCCC(C)CCCC(C)C.OCC(O)CO. The second kappa shape index (κ2) is 34.3. The first-order valence-corrected chi connectivity index (χ1v) is 20.8.